The van der Waals surface area contributed by atoms with E-state index in [2.05, 4.69) is 10.4 Å². The van der Waals surface area contributed by atoms with Crippen LogP contribution in [0.5, 0.6) is 0 Å². The molecule has 2 heterocycles. The van der Waals surface area contributed by atoms with Gasteiger partial charge in [0.1, 0.15) is 0 Å². The van der Waals surface area contributed by atoms with Crippen LogP contribution in [0.4, 0.5) is 0 Å². The molecule has 2 aromatic rings. The molecule has 6 heteroatoms. The van der Waals surface area contributed by atoms with Crippen LogP contribution in [0.3, 0.4) is 0 Å². The number of amides is 1. The Bertz CT molecular complexity index is 706. The van der Waals surface area contributed by atoms with Gasteiger partial charge in [0.2, 0.25) is 0 Å². The molecule has 0 atom stereocenters. The van der Waals surface area contributed by atoms with Crippen LogP contribution in [-0.2, 0) is 0 Å². The molecule has 0 radical (unpaired) electrons. The number of aromatic nitrogens is 2. The minimum Gasteiger partial charge on any atom is -0.339 e. The molecule has 1 fully saturated rings. The van der Waals surface area contributed by atoms with Gasteiger partial charge in [-0.1, -0.05) is 18.2 Å². The first-order valence-corrected chi connectivity index (χ1v) is 8.67. The molecule has 0 aliphatic carbocycles. The van der Waals surface area contributed by atoms with Gasteiger partial charge in [-0.05, 0) is 58.3 Å². The molecule has 1 aliphatic rings. The first kappa shape index (κ1) is 19.5. The van der Waals surface area contributed by atoms with E-state index in [0.717, 1.165) is 55.1 Å². The number of likely N-dealkylation sites (tertiary alicyclic amines) is 1. The lowest BCUT2D eigenvalue weighted by molar-refractivity contribution is 0.0689. The number of para-hydroxylation sites is 1. The zero-order chi connectivity index (χ0) is 17.1. The lowest BCUT2D eigenvalue weighted by Crippen LogP contribution is -2.40. The third-order valence-corrected chi connectivity index (χ3v) is 4.90. The molecule has 1 aromatic heterocycles. The monoisotopic (exact) mass is 362 g/mol. The lowest BCUT2D eigenvalue weighted by atomic mass is 9.96. The smallest absolute Gasteiger partial charge is 0.257 e. The van der Waals surface area contributed by atoms with Crippen LogP contribution in [0, 0.1) is 19.8 Å². The van der Waals surface area contributed by atoms with E-state index in [0.29, 0.717) is 5.92 Å². The highest BCUT2D eigenvalue weighted by atomic mass is 35.5. The summed E-state index contributed by atoms with van der Waals surface area (Å²) in [5.74, 6) is 0.795. The van der Waals surface area contributed by atoms with Crippen molar-refractivity contribution in [1.29, 1.82) is 0 Å². The highest BCUT2D eigenvalue weighted by molar-refractivity contribution is 5.96. The Hall–Kier alpha value is -1.85. The quantitative estimate of drug-likeness (QED) is 0.909. The fourth-order valence-corrected chi connectivity index (χ4v) is 3.56. The predicted octanol–water partition coefficient (Wildman–Crippen LogP) is 2.98. The number of piperidine rings is 1. The third kappa shape index (κ3) is 4.05. The molecule has 1 aliphatic heterocycles. The number of hydrogen-bond donors (Lipinski definition) is 1. The summed E-state index contributed by atoms with van der Waals surface area (Å²) in [7, 11) is 1.99. The molecular weight excluding hydrogens is 336 g/mol. The Morgan fingerprint density at radius 3 is 2.44 bits per heavy atom. The minimum atomic E-state index is 0. The average Bonchev–Trinajstić information content (AvgIpc) is 2.90. The molecule has 1 amide bonds. The topological polar surface area (TPSA) is 50.2 Å². The fourth-order valence-electron chi connectivity index (χ4n) is 3.56. The Kier molecular flexibility index (Phi) is 6.62. The van der Waals surface area contributed by atoms with Gasteiger partial charge in [0.25, 0.3) is 5.91 Å². The van der Waals surface area contributed by atoms with E-state index >= 15 is 0 Å². The van der Waals surface area contributed by atoms with E-state index in [9.17, 15) is 4.79 Å². The number of nitrogens with one attached hydrogen (secondary N) is 1. The van der Waals surface area contributed by atoms with Crippen LogP contribution >= 0.6 is 12.4 Å². The zero-order valence-corrected chi connectivity index (χ0v) is 16.0. The SMILES string of the molecule is CNCC1CCN(C(=O)c2c(C)nn(-c3ccccc3)c2C)CC1.Cl. The van der Waals surface area contributed by atoms with Crippen LogP contribution in [-0.4, -0.2) is 47.3 Å². The summed E-state index contributed by atoms with van der Waals surface area (Å²) >= 11 is 0. The Morgan fingerprint density at radius 2 is 1.84 bits per heavy atom. The minimum absolute atomic E-state index is 0. The molecule has 1 saturated heterocycles. The van der Waals surface area contributed by atoms with Gasteiger partial charge in [-0.2, -0.15) is 5.10 Å². The summed E-state index contributed by atoms with van der Waals surface area (Å²) in [6, 6.07) is 9.98. The maximum absolute atomic E-state index is 13.0. The highest BCUT2D eigenvalue weighted by Crippen LogP contribution is 2.23. The highest BCUT2D eigenvalue weighted by Gasteiger charge is 2.27. The van der Waals surface area contributed by atoms with Crippen molar-refractivity contribution in [1.82, 2.24) is 20.0 Å². The Balaban J connectivity index is 0.00000225. The number of rotatable bonds is 4. The molecule has 5 nitrogen and oxygen atoms in total. The normalized spacial score (nSPS) is 15.1. The molecule has 0 spiro atoms. The van der Waals surface area contributed by atoms with Crippen molar-refractivity contribution >= 4 is 18.3 Å². The first-order valence-electron chi connectivity index (χ1n) is 8.67. The zero-order valence-electron chi connectivity index (χ0n) is 15.2. The number of halogens is 1. The summed E-state index contributed by atoms with van der Waals surface area (Å²) in [5.41, 5.74) is 3.47. The number of hydrogen-bond acceptors (Lipinski definition) is 3. The number of benzene rings is 1. The largest absolute Gasteiger partial charge is 0.339 e. The van der Waals surface area contributed by atoms with Crippen molar-refractivity contribution in [3.8, 4) is 5.69 Å². The van der Waals surface area contributed by atoms with E-state index in [1.165, 1.54) is 0 Å². The van der Waals surface area contributed by atoms with Crippen molar-refractivity contribution in [2.24, 2.45) is 5.92 Å². The van der Waals surface area contributed by atoms with E-state index < -0.39 is 0 Å². The summed E-state index contributed by atoms with van der Waals surface area (Å²) in [6.45, 7) is 6.61. The average molecular weight is 363 g/mol. The molecule has 0 unspecified atom stereocenters. The second-order valence-corrected chi connectivity index (χ2v) is 6.59. The number of nitrogens with zero attached hydrogens (tertiary/aromatic N) is 3. The van der Waals surface area contributed by atoms with Gasteiger partial charge in [-0.3, -0.25) is 4.79 Å². The third-order valence-electron chi connectivity index (χ3n) is 4.90. The summed E-state index contributed by atoms with van der Waals surface area (Å²) in [6.07, 6.45) is 2.13. The van der Waals surface area contributed by atoms with Gasteiger partial charge in [0.15, 0.2) is 0 Å². The number of aryl methyl sites for hydroxylation is 1. The van der Waals surface area contributed by atoms with E-state index in [-0.39, 0.29) is 18.3 Å². The second kappa shape index (κ2) is 8.50. The number of carbonyl (C=O) groups is 1. The van der Waals surface area contributed by atoms with Crippen molar-refractivity contribution < 1.29 is 4.79 Å². The van der Waals surface area contributed by atoms with Crippen LogP contribution in [0.2, 0.25) is 0 Å². The molecule has 0 saturated carbocycles. The van der Waals surface area contributed by atoms with Gasteiger partial charge in [-0.25, -0.2) is 4.68 Å². The molecule has 136 valence electrons. The Labute approximate surface area is 155 Å². The van der Waals surface area contributed by atoms with Crippen molar-refractivity contribution in [2.45, 2.75) is 26.7 Å². The van der Waals surface area contributed by atoms with Crippen molar-refractivity contribution in [2.75, 3.05) is 26.7 Å². The van der Waals surface area contributed by atoms with Gasteiger partial charge in [-0.15, -0.1) is 12.4 Å². The van der Waals surface area contributed by atoms with Gasteiger partial charge in [0.05, 0.1) is 22.6 Å². The molecule has 1 N–H and O–H groups in total. The summed E-state index contributed by atoms with van der Waals surface area (Å²) in [5, 5.41) is 7.84. The van der Waals surface area contributed by atoms with Crippen molar-refractivity contribution in [3.05, 3.63) is 47.3 Å². The molecular formula is C19H27ClN4O. The maximum Gasteiger partial charge on any atom is 0.257 e. The van der Waals surface area contributed by atoms with Crippen LogP contribution < -0.4 is 5.32 Å². The van der Waals surface area contributed by atoms with Crippen LogP contribution in [0.15, 0.2) is 30.3 Å². The van der Waals surface area contributed by atoms with Crippen LogP contribution in [0.25, 0.3) is 5.69 Å². The molecule has 3 rings (SSSR count). The van der Waals surface area contributed by atoms with E-state index in [1.807, 2.05) is 60.8 Å². The summed E-state index contributed by atoms with van der Waals surface area (Å²) in [4.78, 5) is 15.0. The summed E-state index contributed by atoms with van der Waals surface area (Å²) < 4.78 is 1.87. The number of carbonyl (C=O) groups excluding carboxylic acids is 1. The standard InChI is InChI=1S/C19H26N4O.ClH/c1-14-18(15(2)23(21-14)17-7-5-4-6-8-17)19(24)22-11-9-16(10-12-22)13-20-3;/h4-8,16,20H,9-13H2,1-3H3;1H. The fraction of sp³-hybridized carbons (Fsp3) is 0.474. The van der Waals surface area contributed by atoms with Crippen molar-refractivity contribution in [3.63, 3.8) is 0 Å². The van der Waals surface area contributed by atoms with Crippen LogP contribution in [0.1, 0.15) is 34.6 Å². The van der Waals surface area contributed by atoms with E-state index in [1.54, 1.807) is 0 Å². The van der Waals surface area contributed by atoms with Gasteiger partial charge >= 0.3 is 0 Å². The van der Waals surface area contributed by atoms with Gasteiger partial charge in [0, 0.05) is 13.1 Å². The van der Waals surface area contributed by atoms with E-state index in [4.69, 9.17) is 0 Å². The lowest BCUT2D eigenvalue weighted by Gasteiger charge is -2.32. The maximum atomic E-state index is 13.0. The predicted molar refractivity (Wildman–Crippen MR) is 103 cm³/mol. The Morgan fingerprint density at radius 1 is 1.20 bits per heavy atom. The molecule has 25 heavy (non-hydrogen) atoms. The first-order chi connectivity index (χ1) is 11.6. The second-order valence-electron chi connectivity index (χ2n) is 6.59. The molecule has 1 aromatic carbocycles. The van der Waals surface area contributed by atoms with Gasteiger partial charge < -0.3 is 10.2 Å². The molecule has 0 bridgehead atoms.